The van der Waals surface area contributed by atoms with Gasteiger partial charge in [-0.05, 0) is 35.3 Å². The minimum Gasteiger partial charge on any atom is -0.365 e. The van der Waals surface area contributed by atoms with E-state index in [-0.39, 0.29) is 0 Å². The van der Waals surface area contributed by atoms with Crippen LogP contribution < -0.4 is 16.6 Å². The van der Waals surface area contributed by atoms with Crippen molar-refractivity contribution in [3.63, 3.8) is 0 Å². The fourth-order valence-electron chi connectivity index (χ4n) is 1.83. The maximum atomic E-state index is 5.52. The third kappa shape index (κ3) is 3.68. The van der Waals surface area contributed by atoms with Crippen LogP contribution in [0.3, 0.4) is 0 Å². The lowest BCUT2D eigenvalue weighted by atomic mass is 10.2. The van der Waals surface area contributed by atoms with Gasteiger partial charge in [0.05, 0.1) is 6.54 Å². The van der Waals surface area contributed by atoms with Gasteiger partial charge in [-0.2, -0.15) is 0 Å². The van der Waals surface area contributed by atoms with E-state index in [1.54, 1.807) is 11.3 Å². The summed E-state index contributed by atoms with van der Waals surface area (Å²) in [5, 5.41) is 5.43. The van der Waals surface area contributed by atoms with Gasteiger partial charge in [0.2, 0.25) is 0 Å². The Kier molecular flexibility index (Phi) is 5.33. The molecule has 0 unspecified atom stereocenters. The van der Waals surface area contributed by atoms with E-state index < -0.39 is 0 Å². The third-order valence-corrected chi connectivity index (χ3v) is 4.55. The number of nitrogen functional groups attached to an aromatic ring is 1. The summed E-state index contributed by atoms with van der Waals surface area (Å²) in [5.41, 5.74) is 3.57. The van der Waals surface area contributed by atoms with E-state index in [0.29, 0.717) is 5.82 Å². The van der Waals surface area contributed by atoms with E-state index in [2.05, 4.69) is 55.0 Å². The fraction of sp³-hybridized carbons (Fsp3) is 0.385. The molecule has 4 N–H and O–H groups in total. The van der Waals surface area contributed by atoms with E-state index in [4.69, 9.17) is 5.84 Å². The first-order valence-electron chi connectivity index (χ1n) is 6.45. The second-order valence-corrected chi connectivity index (χ2v) is 6.35. The summed E-state index contributed by atoms with van der Waals surface area (Å²) in [7, 11) is 0. The van der Waals surface area contributed by atoms with Gasteiger partial charge < -0.3 is 10.7 Å². The van der Waals surface area contributed by atoms with Gasteiger partial charge in [0.15, 0.2) is 0 Å². The number of anilines is 2. The first-order chi connectivity index (χ1) is 9.63. The summed E-state index contributed by atoms with van der Waals surface area (Å²) in [6.45, 7) is 4.80. The second-order valence-electron chi connectivity index (χ2n) is 4.44. The van der Waals surface area contributed by atoms with E-state index >= 15 is 0 Å². The van der Waals surface area contributed by atoms with Crippen LogP contribution in [0.1, 0.15) is 29.6 Å². The molecule has 7 heteroatoms. The minimum absolute atomic E-state index is 0.679. The first-order valence-corrected chi connectivity index (χ1v) is 8.12. The number of aryl methyl sites for hydroxylation is 1. The van der Waals surface area contributed by atoms with Gasteiger partial charge in [0, 0.05) is 26.7 Å². The molecule has 2 rings (SSSR count). The average Bonchev–Trinajstić information content (AvgIpc) is 2.85. The number of hydrazine groups is 1. The summed E-state index contributed by atoms with van der Waals surface area (Å²) in [5.74, 6) is 7.84. The van der Waals surface area contributed by atoms with Crippen molar-refractivity contribution in [1.29, 1.82) is 0 Å². The lowest BCUT2D eigenvalue weighted by molar-refractivity contribution is 0.830. The van der Waals surface area contributed by atoms with E-state index in [1.165, 1.54) is 4.88 Å². The van der Waals surface area contributed by atoms with Crippen LogP contribution in [0.4, 0.5) is 11.6 Å². The second kappa shape index (κ2) is 7.01. The van der Waals surface area contributed by atoms with Crippen molar-refractivity contribution in [3.8, 4) is 0 Å². The molecule has 0 aliphatic heterocycles. The number of nitrogens with two attached hydrogens (primary N) is 1. The van der Waals surface area contributed by atoms with Crippen LogP contribution in [0.2, 0.25) is 0 Å². The highest BCUT2D eigenvalue weighted by Crippen LogP contribution is 2.23. The highest BCUT2D eigenvalue weighted by Gasteiger charge is 2.10. The van der Waals surface area contributed by atoms with Crippen LogP contribution in [0.25, 0.3) is 0 Å². The smallest absolute Gasteiger partial charge is 0.148 e. The summed E-state index contributed by atoms with van der Waals surface area (Å²) < 4.78 is 1.11. The molecule has 2 heterocycles. The van der Waals surface area contributed by atoms with Gasteiger partial charge in [-0.1, -0.05) is 6.92 Å². The Balaban J connectivity index is 2.18. The van der Waals surface area contributed by atoms with Crippen LogP contribution in [-0.4, -0.2) is 9.97 Å². The molecule has 2 aromatic rings. The fourth-order valence-corrected chi connectivity index (χ4v) is 3.22. The maximum Gasteiger partial charge on any atom is 0.148 e. The summed E-state index contributed by atoms with van der Waals surface area (Å²) in [6.07, 6.45) is 1.85. The van der Waals surface area contributed by atoms with Gasteiger partial charge in [-0.25, -0.2) is 15.8 Å². The zero-order valence-corrected chi connectivity index (χ0v) is 13.9. The normalized spacial score (nSPS) is 10.6. The molecule has 0 saturated heterocycles. The van der Waals surface area contributed by atoms with Crippen molar-refractivity contribution in [2.24, 2.45) is 5.84 Å². The number of nitrogens with one attached hydrogen (secondary N) is 2. The third-order valence-electron chi connectivity index (χ3n) is 2.85. The monoisotopic (exact) mass is 355 g/mol. The molecule has 0 aromatic carbocycles. The van der Waals surface area contributed by atoms with Crippen LogP contribution in [0.15, 0.2) is 15.9 Å². The van der Waals surface area contributed by atoms with Crippen molar-refractivity contribution in [2.45, 2.75) is 33.2 Å². The number of halogens is 1. The number of aromatic nitrogens is 2. The molecule has 2 aromatic heterocycles. The molecular weight excluding hydrogens is 338 g/mol. The van der Waals surface area contributed by atoms with E-state index in [1.807, 2.05) is 6.92 Å². The Morgan fingerprint density at radius 3 is 2.70 bits per heavy atom. The van der Waals surface area contributed by atoms with Crippen molar-refractivity contribution in [1.82, 2.24) is 9.97 Å². The number of rotatable bonds is 6. The van der Waals surface area contributed by atoms with Crippen LogP contribution in [-0.2, 0) is 13.0 Å². The van der Waals surface area contributed by atoms with Crippen molar-refractivity contribution < 1.29 is 0 Å². The Bertz CT molecular complexity index is 584. The van der Waals surface area contributed by atoms with Crippen molar-refractivity contribution in [2.75, 3.05) is 10.7 Å². The molecule has 20 heavy (non-hydrogen) atoms. The molecule has 5 nitrogen and oxygen atoms in total. The van der Waals surface area contributed by atoms with Gasteiger partial charge >= 0.3 is 0 Å². The molecule has 0 fully saturated rings. The lowest BCUT2D eigenvalue weighted by Crippen LogP contribution is -2.14. The zero-order valence-electron chi connectivity index (χ0n) is 11.5. The summed E-state index contributed by atoms with van der Waals surface area (Å²) >= 11 is 5.16. The molecule has 108 valence electrons. The molecule has 0 aliphatic rings. The van der Waals surface area contributed by atoms with E-state index in [0.717, 1.165) is 41.1 Å². The predicted molar refractivity (Wildman–Crippen MR) is 87.9 cm³/mol. The number of thiophene rings is 1. The molecule has 0 radical (unpaired) electrons. The summed E-state index contributed by atoms with van der Waals surface area (Å²) in [6, 6.07) is 2.10. The molecule has 0 bridgehead atoms. The van der Waals surface area contributed by atoms with Gasteiger partial charge in [-0.15, -0.1) is 11.3 Å². The Morgan fingerprint density at radius 1 is 1.35 bits per heavy atom. The highest BCUT2D eigenvalue weighted by molar-refractivity contribution is 9.10. The predicted octanol–water partition coefficient (Wildman–Crippen LogP) is 3.46. The van der Waals surface area contributed by atoms with Crippen molar-refractivity contribution in [3.05, 3.63) is 32.2 Å². The lowest BCUT2D eigenvalue weighted by Gasteiger charge is -2.13. The van der Waals surface area contributed by atoms with Crippen molar-refractivity contribution >= 4 is 38.9 Å². The molecule has 0 saturated carbocycles. The zero-order chi connectivity index (χ0) is 14.5. The Morgan fingerprint density at radius 2 is 2.10 bits per heavy atom. The number of hydrogen-bond acceptors (Lipinski definition) is 6. The molecular formula is C13H18BrN5S. The maximum absolute atomic E-state index is 5.52. The average molecular weight is 356 g/mol. The van der Waals surface area contributed by atoms with Gasteiger partial charge in [0.25, 0.3) is 0 Å². The minimum atomic E-state index is 0.679. The van der Waals surface area contributed by atoms with Gasteiger partial charge in [-0.3, -0.25) is 0 Å². The summed E-state index contributed by atoms with van der Waals surface area (Å²) in [4.78, 5) is 10.2. The SMILES string of the molecule is CCCc1nc(NN)c(C)c(NCc2cc(Br)cs2)n1. The Labute approximate surface area is 131 Å². The first kappa shape index (κ1) is 15.2. The van der Waals surface area contributed by atoms with Crippen LogP contribution in [0.5, 0.6) is 0 Å². The number of hydrogen-bond donors (Lipinski definition) is 3. The van der Waals surface area contributed by atoms with Gasteiger partial charge in [0.1, 0.15) is 17.5 Å². The molecule has 0 atom stereocenters. The molecule has 0 spiro atoms. The quantitative estimate of drug-likeness (QED) is 0.546. The van der Waals surface area contributed by atoms with Crippen LogP contribution in [0, 0.1) is 6.92 Å². The Hall–Kier alpha value is -1.18. The molecule has 0 aliphatic carbocycles. The largest absolute Gasteiger partial charge is 0.365 e. The highest BCUT2D eigenvalue weighted by atomic mass is 79.9. The van der Waals surface area contributed by atoms with Crippen LogP contribution >= 0.6 is 27.3 Å². The standard InChI is InChI=1S/C13H18BrN5S/c1-3-4-11-17-12(8(2)13(18-11)19-15)16-6-10-5-9(14)7-20-10/h5,7H,3-4,6,15H2,1-2H3,(H2,16,17,18,19). The topological polar surface area (TPSA) is 75.9 Å². The molecule has 0 amide bonds. The number of nitrogens with zero attached hydrogens (tertiary/aromatic N) is 2. The van der Waals surface area contributed by atoms with E-state index in [9.17, 15) is 0 Å².